The van der Waals surface area contributed by atoms with Gasteiger partial charge in [0.2, 0.25) is 11.7 Å². The Morgan fingerprint density at radius 1 is 0.971 bits per heavy atom. The number of amides is 1. The first kappa shape index (κ1) is 25.8. The summed E-state index contributed by atoms with van der Waals surface area (Å²) in [6.45, 7) is 4.10. The summed E-state index contributed by atoms with van der Waals surface area (Å²) in [4.78, 5) is 42.0. The number of aryl methyl sites for hydroxylation is 3. The molecule has 188 valence electrons. The van der Waals surface area contributed by atoms with Crippen LogP contribution in [0.2, 0.25) is 0 Å². The van der Waals surface area contributed by atoms with Gasteiger partial charge >= 0.3 is 5.69 Å². The van der Waals surface area contributed by atoms with Crippen molar-refractivity contribution in [2.24, 2.45) is 14.1 Å². The molecule has 0 saturated carbocycles. The highest BCUT2D eigenvalue weighted by Crippen LogP contribution is 2.38. The topological polar surface area (TPSA) is 114 Å². The molecule has 35 heavy (non-hydrogen) atoms. The monoisotopic (exact) mass is 484 g/mol. The molecule has 0 aliphatic rings. The van der Waals surface area contributed by atoms with Gasteiger partial charge < -0.3 is 19.5 Å². The van der Waals surface area contributed by atoms with E-state index >= 15 is 0 Å². The Morgan fingerprint density at radius 2 is 1.60 bits per heavy atom. The summed E-state index contributed by atoms with van der Waals surface area (Å²) >= 11 is 0. The maximum atomic E-state index is 12.7. The third kappa shape index (κ3) is 5.01. The molecule has 0 fully saturated rings. The van der Waals surface area contributed by atoms with Crippen LogP contribution in [0, 0.1) is 13.8 Å². The summed E-state index contributed by atoms with van der Waals surface area (Å²) in [6, 6.07) is 3.71. The summed E-state index contributed by atoms with van der Waals surface area (Å²) in [6.07, 6.45) is 1.26. The van der Waals surface area contributed by atoms with Gasteiger partial charge in [0, 0.05) is 32.8 Å². The van der Waals surface area contributed by atoms with Gasteiger partial charge in [0.1, 0.15) is 5.65 Å². The molecular formula is C25H32N4O6. The van der Waals surface area contributed by atoms with Gasteiger partial charge in [0.15, 0.2) is 11.5 Å². The Balaban J connectivity index is 1.70. The summed E-state index contributed by atoms with van der Waals surface area (Å²) in [5, 5.41) is 3.34. The van der Waals surface area contributed by atoms with E-state index in [-0.39, 0.29) is 17.9 Å². The smallest absolute Gasteiger partial charge is 0.332 e. The van der Waals surface area contributed by atoms with Gasteiger partial charge in [-0.05, 0) is 55.5 Å². The maximum Gasteiger partial charge on any atom is 0.332 e. The quantitative estimate of drug-likeness (QED) is 0.490. The molecule has 0 spiro atoms. The van der Waals surface area contributed by atoms with Crippen LogP contribution in [-0.4, -0.2) is 47.9 Å². The molecule has 10 nitrogen and oxygen atoms in total. The lowest BCUT2D eigenvalue weighted by atomic mass is 10.00. The van der Waals surface area contributed by atoms with Gasteiger partial charge in [0.05, 0.1) is 26.7 Å². The Morgan fingerprint density at radius 3 is 2.17 bits per heavy atom. The van der Waals surface area contributed by atoms with Crippen LogP contribution in [0.5, 0.6) is 17.2 Å². The van der Waals surface area contributed by atoms with Gasteiger partial charge in [-0.3, -0.25) is 18.7 Å². The number of hydrogen-bond acceptors (Lipinski definition) is 7. The number of aromatic nitrogens is 3. The molecule has 0 saturated heterocycles. The van der Waals surface area contributed by atoms with E-state index in [4.69, 9.17) is 14.2 Å². The Bertz CT molecular complexity index is 1360. The fraction of sp³-hybridized carbons (Fsp3) is 0.440. The lowest BCUT2D eigenvalue weighted by Crippen LogP contribution is -2.38. The molecule has 1 N–H and O–H groups in total. The number of pyridine rings is 1. The van der Waals surface area contributed by atoms with Gasteiger partial charge in [-0.2, -0.15) is 0 Å². The van der Waals surface area contributed by atoms with Gasteiger partial charge in [-0.1, -0.05) is 0 Å². The zero-order valence-corrected chi connectivity index (χ0v) is 21.3. The SMILES string of the molecule is COc1cc(CCNC(=O)CCc2c(C)nc3c(c2C)c(=O)n(C)c(=O)n3C)cc(OC)c1OC. The molecule has 0 aliphatic carbocycles. The normalized spacial score (nSPS) is 10.9. The van der Waals surface area contributed by atoms with E-state index in [0.717, 1.165) is 21.3 Å². The highest BCUT2D eigenvalue weighted by Gasteiger charge is 2.18. The van der Waals surface area contributed by atoms with Crippen LogP contribution in [0.15, 0.2) is 21.7 Å². The predicted molar refractivity (Wildman–Crippen MR) is 133 cm³/mol. The summed E-state index contributed by atoms with van der Waals surface area (Å²) in [5.41, 5.74) is 2.76. The Kier molecular flexibility index (Phi) is 7.83. The second kappa shape index (κ2) is 10.6. The van der Waals surface area contributed by atoms with Crippen molar-refractivity contribution in [2.75, 3.05) is 27.9 Å². The van der Waals surface area contributed by atoms with E-state index < -0.39 is 5.69 Å². The summed E-state index contributed by atoms with van der Waals surface area (Å²) < 4.78 is 18.5. The molecule has 3 rings (SSSR count). The third-order valence-corrected chi connectivity index (χ3v) is 6.23. The van der Waals surface area contributed by atoms with Crippen LogP contribution in [0.25, 0.3) is 11.0 Å². The molecule has 1 aromatic carbocycles. The van der Waals surface area contributed by atoms with E-state index in [2.05, 4.69) is 10.3 Å². The van der Waals surface area contributed by atoms with E-state index in [1.165, 1.54) is 11.6 Å². The molecule has 10 heteroatoms. The third-order valence-electron chi connectivity index (χ3n) is 6.23. The van der Waals surface area contributed by atoms with Crippen molar-refractivity contribution in [1.29, 1.82) is 0 Å². The number of nitrogens with one attached hydrogen (secondary N) is 1. The molecule has 0 bridgehead atoms. The summed E-state index contributed by atoms with van der Waals surface area (Å²) in [5.74, 6) is 1.54. The van der Waals surface area contributed by atoms with E-state index in [1.807, 2.05) is 26.0 Å². The molecule has 1 amide bonds. The Labute approximate surface area is 203 Å². The standard InChI is InChI=1S/C25H32N4O6/c1-14-17(15(2)27-23-21(14)24(31)29(4)25(32)28(23)3)8-9-20(30)26-11-10-16-12-18(33-5)22(35-7)19(13-16)34-6/h12-13H,8-11H2,1-7H3,(H,26,30). The van der Waals surface area contributed by atoms with Crippen molar-refractivity contribution in [3.8, 4) is 17.2 Å². The summed E-state index contributed by atoms with van der Waals surface area (Å²) in [7, 11) is 7.71. The lowest BCUT2D eigenvalue weighted by Gasteiger charge is -2.15. The minimum atomic E-state index is -0.423. The first-order chi connectivity index (χ1) is 16.6. The van der Waals surface area contributed by atoms with E-state index in [9.17, 15) is 14.4 Å². The first-order valence-electron chi connectivity index (χ1n) is 11.3. The average molecular weight is 485 g/mol. The van der Waals surface area contributed by atoms with Gasteiger partial charge in [-0.15, -0.1) is 0 Å². The zero-order valence-electron chi connectivity index (χ0n) is 21.3. The largest absolute Gasteiger partial charge is 0.493 e. The number of rotatable bonds is 9. The number of ether oxygens (including phenoxy) is 3. The fourth-order valence-corrected chi connectivity index (χ4v) is 4.26. The number of fused-ring (bicyclic) bond motifs is 1. The molecule has 0 aliphatic heterocycles. The number of methoxy groups -OCH3 is 3. The van der Waals surface area contributed by atoms with Crippen LogP contribution < -0.4 is 30.8 Å². The number of carbonyl (C=O) groups is 1. The number of nitrogens with zero attached hydrogens (tertiary/aromatic N) is 3. The minimum Gasteiger partial charge on any atom is -0.493 e. The number of hydrogen-bond donors (Lipinski definition) is 1. The van der Waals surface area contributed by atoms with Crippen LogP contribution >= 0.6 is 0 Å². The van der Waals surface area contributed by atoms with Crippen LogP contribution in [0.1, 0.15) is 28.8 Å². The molecule has 2 heterocycles. The zero-order chi connectivity index (χ0) is 25.9. The first-order valence-corrected chi connectivity index (χ1v) is 11.3. The van der Waals surface area contributed by atoms with Crippen molar-refractivity contribution >= 4 is 16.9 Å². The Hall–Kier alpha value is -3.82. The maximum absolute atomic E-state index is 12.7. The number of benzene rings is 1. The highest BCUT2D eigenvalue weighted by molar-refractivity contribution is 5.80. The molecule has 2 aromatic heterocycles. The highest BCUT2D eigenvalue weighted by atomic mass is 16.5. The molecular weight excluding hydrogens is 452 g/mol. The lowest BCUT2D eigenvalue weighted by molar-refractivity contribution is -0.121. The molecule has 0 radical (unpaired) electrons. The second-order valence-corrected chi connectivity index (χ2v) is 8.34. The van der Waals surface area contributed by atoms with Crippen LogP contribution in [0.4, 0.5) is 0 Å². The van der Waals surface area contributed by atoms with Gasteiger partial charge in [-0.25, -0.2) is 9.78 Å². The van der Waals surface area contributed by atoms with Gasteiger partial charge in [0.25, 0.3) is 5.56 Å². The van der Waals surface area contributed by atoms with E-state index in [0.29, 0.717) is 53.4 Å². The van der Waals surface area contributed by atoms with Crippen molar-refractivity contribution in [2.45, 2.75) is 33.1 Å². The number of carbonyl (C=O) groups excluding carboxylic acids is 1. The van der Waals surface area contributed by atoms with Crippen molar-refractivity contribution in [3.05, 3.63) is 55.4 Å². The fourth-order valence-electron chi connectivity index (χ4n) is 4.26. The van der Waals surface area contributed by atoms with Crippen LogP contribution in [0.3, 0.4) is 0 Å². The van der Waals surface area contributed by atoms with Crippen molar-refractivity contribution in [1.82, 2.24) is 19.4 Å². The van der Waals surface area contributed by atoms with Crippen molar-refractivity contribution in [3.63, 3.8) is 0 Å². The average Bonchev–Trinajstić information content (AvgIpc) is 2.84. The molecule has 3 aromatic rings. The predicted octanol–water partition coefficient (Wildman–Crippen LogP) is 1.57. The van der Waals surface area contributed by atoms with Crippen molar-refractivity contribution < 1.29 is 19.0 Å². The van der Waals surface area contributed by atoms with E-state index in [1.54, 1.807) is 28.4 Å². The molecule has 0 unspecified atom stereocenters. The van der Waals surface area contributed by atoms with Crippen LogP contribution in [-0.2, 0) is 31.7 Å². The second-order valence-electron chi connectivity index (χ2n) is 8.34. The minimum absolute atomic E-state index is 0.107. The molecule has 0 atom stereocenters.